The zero-order chi connectivity index (χ0) is 16.7. The summed E-state index contributed by atoms with van der Waals surface area (Å²) >= 11 is 2.77. The SMILES string of the molecule is Cc1cccc(Nc2nnc(SCC(=O)N(C)CCC#N)s2)c1. The van der Waals surface area contributed by atoms with Gasteiger partial charge in [0.25, 0.3) is 0 Å². The van der Waals surface area contributed by atoms with Crippen LogP contribution in [0, 0.1) is 18.3 Å². The van der Waals surface area contributed by atoms with E-state index in [9.17, 15) is 4.79 Å². The van der Waals surface area contributed by atoms with E-state index in [-0.39, 0.29) is 5.91 Å². The molecule has 8 heteroatoms. The van der Waals surface area contributed by atoms with Gasteiger partial charge in [0.1, 0.15) is 0 Å². The molecule has 23 heavy (non-hydrogen) atoms. The molecule has 2 aromatic rings. The molecule has 1 N–H and O–H groups in total. The van der Waals surface area contributed by atoms with Gasteiger partial charge in [-0.3, -0.25) is 4.79 Å². The molecule has 0 aliphatic carbocycles. The Morgan fingerprint density at radius 2 is 2.30 bits per heavy atom. The Kier molecular flexibility index (Phi) is 6.38. The number of hydrogen-bond donors (Lipinski definition) is 1. The van der Waals surface area contributed by atoms with Crippen LogP contribution in [0.5, 0.6) is 0 Å². The first-order valence-electron chi connectivity index (χ1n) is 6.99. The molecule has 0 atom stereocenters. The Hall–Kier alpha value is -2.11. The number of nitrogens with one attached hydrogen (secondary N) is 1. The molecule has 1 heterocycles. The van der Waals surface area contributed by atoms with Gasteiger partial charge in [-0.05, 0) is 24.6 Å². The van der Waals surface area contributed by atoms with Gasteiger partial charge in [-0.1, -0.05) is 35.2 Å². The van der Waals surface area contributed by atoms with Gasteiger partial charge < -0.3 is 10.2 Å². The van der Waals surface area contributed by atoms with E-state index in [1.54, 1.807) is 11.9 Å². The molecular weight excluding hydrogens is 330 g/mol. The van der Waals surface area contributed by atoms with E-state index < -0.39 is 0 Å². The molecule has 0 bridgehead atoms. The van der Waals surface area contributed by atoms with E-state index in [1.807, 2.05) is 37.3 Å². The van der Waals surface area contributed by atoms with Crippen molar-refractivity contribution >= 4 is 39.8 Å². The molecule has 0 spiro atoms. The number of nitrogens with zero attached hydrogens (tertiary/aromatic N) is 4. The van der Waals surface area contributed by atoms with Crippen LogP contribution in [0.4, 0.5) is 10.8 Å². The second-order valence-corrected chi connectivity index (χ2v) is 7.08. The number of hydrogen-bond acceptors (Lipinski definition) is 7. The predicted octanol–water partition coefficient (Wildman–Crippen LogP) is 3.05. The van der Waals surface area contributed by atoms with Crippen molar-refractivity contribution in [1.82, 2.24) is 15.1 Å². The summed E-state index contributed by atoms with van der Waals surface area (Å²) in [6.45, 7) is 2.48. The first-order chi connectivity index (χ1) is 11.1. The Balaban J connectivity index is 1.85. The number of carbonyl (C=O) groups excluding carboxylic acids is 1. The van der Waals surface area contributed by atoms with Crippen LogP contribution in [-0.2, 0) is 4.79 Å². The zero-order valence-corrected chi connectivity index (χ0v) is 14.6. The lowest BCUT2D eigenvalue weighted by Gasteiger charge is -2.14. The van der Waals surface area contributed by atoms with E-state index >= 15 is 0 Å². The Morgan fingerprint density at radius 3 is 3.04 bits per heavy atom. The number of benzene rings is 1. The van der Waals surface area contributed by atoms with E-state index in [2.05, 4.69) is 15.5 Å². The summed E-state index contributed by atoms with van der Waals surface area (Å²) < 4.78 is 0.738. The van der Waals surface area contributed by atoms with Crippen molar-refractivity contribution in [2.75, 3.05) is 24.7 Å². The third-order valence-corrected chi connectivity index (χ3v) is 4.94. The van der Waals surface area contributed by atoms with Crippen molar-refractivity contribution in [3.63, 3.8) is 0 Å². The normalized spacial score (nSPS) is 10.1. The molecule has 0 aliphatic heterocycles. The van der Waals surface area contributed by atoms with Crippen LogP contribution in [0.15, 0.2) is 28.6 Å². The van der Waals surface area contributed by atoms with Crippen LogP contribution in [0.3, 0.4) is 0 Å². The lowest BCUT2D eigenvalue weighted by atomic mass is 10.2. The van der Waals surface area contributed by atoms with Crippen LogP contribution < -0.4 is 5.32 Å². The molecule has 0 unspecified atom stereocenters. The summed E-state index contributed by atoms with van der Waals surface area (Å²) in [4.78, 5) is 13.5. The monoisotopic (exact) mass is 347 g/mol. The van der Waals surface area contributed by atoms with Crippen molar-refractivity contribution in [2.45, 2.75) is 17.7 Å². The summed E-state index contributed by atoms with van der Waals surface area (Å²) in [7, 11) is 1.70. The van der Waals surface area contributed by atoms with E-state index in [4.69, 9.17) is 5.26 Å². The largest absolute Gasteiger partial charge is 0.344 e. The van der Waals surface area contributed by atoms with Gasteiger partial charge in [0, 0.05) is 19.3 Å². The molecule has 0 saturated carbocycles. The Labute approximate surface area is 143 Å². The number of anilines is 2. The topological polar surface area (TPSA) is 81.9 Å². The number of thioether (sulfide) groups is 1. The lowest BCUT2D eigenvalue weighted by Crippen LogP contribution is -2.29. The molecular formula is C15H17N5OS2. The highest BCUT2D eigenvalue weighted by molar-refractivity contribution is 8.01. The smallest absolute Gasteiger partial charge is 0.232 e. The summed E-state index contributed by atoms with van der Waals surface area (Å²) in [6.07, 6.45) is 0.344. The maximum Gasteiger partial charge on any atom is 0.232 e. The Bertz CT molecular complexity index is 710. The summed E-state index contributed by atoms with van der Waals surface area (Å²) in [6, 6.07) is 10.0. The van der Waals surface area contributed by atoms with Crippen molar-refractivity contribution in [2.24, 2.45) is 0 Å². The fourth-order valence-electron chi connectivity index (χ4n) is 1.74. The summed E-state index contributed by atoms with van der Waals surface area (Å²) in [5.41, 5.74) is 2.13. The first-order valence-corrected chi connectivity index (χ1v) is 8.79. The molecule has 0 fully saturated rings. The van der Waals surface area contributed by atoms with Crippen LogP contribution in [0.1, 0.15) is 12.0 Å². The molecule has 1 amide bonds. The van der Waals surface area contributed by atoms with E-state index in [0.29, 0.717) is 23.8 Å². The van der Waals surface area contributed by atoms with Crippen molar-refractivity contribution in [3.8, 4) is 6.07 Å². The molecule has 0 radical (unpaired) electrons. The minimum absolute atomic E-state index is 0.0198. The minimum Gasteiger partial charge on any atom is -0.344 e. The second kappa shape index (κ2) is 8.50. The molecule has 1 aromatic carbocycles. The number of nitriles is 1. The molecule has 1 aromatic heterocycles. The molecule has 0 aliphatic rings. The summed E-state index contributed by atoms with van der Waals surface area (Å²) in [5, 5.41) is 20.6. The molecule has 0 saturated heterocycles. The summed E-state index contributed by atoms with van der Waals surface area (Å²) in [5.74, 6) is 0.273. The van der Waals surface area contributed by atoms with Gasteiger partial charge in [0.15, 0.2) is 4.34 Å². The van der Waals surface area contributed by atoms with Gasteiger partial charge in [-0.25, -0.2) is 0 Å². The van der Waals surface area contributed by atoms with Crippen LogP contribution >= 0.6 is 23.1 Å². The van der Waals surface area contributed by atoms with Crippen molar-refractivity contribution in [3.05, 3.63) is 29.8 Å². The highest BCUT2D eigenvalue weighted by Crippen LogP contribution is 2.27. The number of rotatable bonds is 7. The molecule has 120 valence electrons. The standard InChI is InChI=1S/C15H17N5OS2/c1-11-5-3-6-12(9-11)17-14-18-19-15(23-14)22-10-13(21)20(2)8-4-7-16/h3,5-6,9H,4,8,10H2,1-2H3,(H,17,18). The maximum atomic E-state index is 11.9. The zero-order valence-electron chi connectivity index (χ0n) is 12.9. The van der Waals surface area contributed by atoms with Crippen LogP contribution in [-0.4, -0.2) is 40.3 Å². The average Bonchev–Trinajstić information content (AvgIpc) is 2.97. The highest BCUT2D eigenvalue weighted by atomic mass is 32.2. The number of amides is 1. The lowest BCUT2D eigenvalue weighted by molar-refractivity contribution is -0.127. The van der Waals surface area contributed by atoms with E-state index in [0.717, 1.165) is 10.0 Å². The second-order valence-electron chi connectivity index (χ2n) is 4.88. The van der Waals surface area contributed by atoms with Crippen LogP contribution in [0.2, 0.25) is 0 Å². The number of aromatic nitrogens is 2. The van der Waals surface area contributed by atoms with Gasteiger partial charge >= 0.3 is 0 Å². The highest BCUT2D eigenvalue weighted by Gasteiger charge is 2.11. The van der Waals surface area contributed by atoms with Crippen molar-refractivity contribution < 1.29 is 4.79 Å². The van der Waals surface area contributed by atoms with Gasteiger partial charge in [-0.2, -0.15) is 5.26 Å². The van der Waals surface area contributed by atoms with Crippen LogP contribution in [0.25, 0.3) is 0 Å². The maximum absolute atomic E-state index is 11.9. The number of aryl methyl sites for hydroxylation is 1. The fraction of sp³-hybridized carbons (Fsp3) is 0.333. The average molecular weight is 347 g/mol. The molecule has 6 nitrogen and oxygen atoms in total. The number of carbonyl (C=O) groups is 1. The predicted molar refractivity (Wildman–Crippen MR) is 93.0 cm³/mol. The fourth-order valence-corrected chi connectivity index (χ4v) is 3.45. The first kappa shape index (κ1) is 17.2. The van der Waals surface area contributed by atoms with E-state index in [1.165, 1.54) is 28.7 Å². The van der Waals surface area contributed by atoms with Crippen molar-refractivity contribution in [1.29, 1.82) is 5.26 Å². The van der Waals surface area contributed by atoms with Gasteiger partial charge in [-0.15, -0.1) is 10.2 Å². The minimum atomic E-state index is -0.0198. The third-order valence-electron chi connectivity index (χ3n) is 2.98. The Morgan fingerprint density at radius 1 is 1.48 bits per heavy atom. The molecule has 2 rings (SSSR count). The van der Waals surface area contributed by atoms with Gasteiger partial charge in [0.05, 0.1) is 18.2 Å². The third kappa shape index (κ3) is 5.54. The van der Waals surface area contributed by atoms with Gasteiger partial charge in [0.2, 0.25) is 11.0 Å². The quantitative estimate of drug-likeness (QED) is 0.775.